The molecule has 0 saturated carbocycles. The summed E-state index contributed by atoms with van der Waals surface area (Å²) in [7, 11) is 0. The number of halogens is 1. The third-order valence-electron chi connectivity index (χ3n) is 1.81. The first-order valence-electron chi connectivity index (χ1n) is 4.37. The van der Waals surface area contributed by atoms with Gasteiger partial charge >= 0.3 is 0 Å². The summed E-state index contributed by atoms with van der Waals surface area (Å²) in [6.45, 7) is 2.56. The van der Waals surface area contributed by atoms with Crippen molar-refractivity contribution >= 4 is 17.5 Å². The van der Waals surface area contributed by atoms with Crippen LogP contribution in [0.5, 0.6) is 0 Å². The maximum atomic E-state index is 11.1. The Kier molecular flexibility index (Phi) is 3.91. The van der Waals surface area contributed by atoms with E-state index in [-0.39, 0.29) is 16.6 Å². The molecule has 0 spiro atoms. The first kappa shape index (κ1) is 11.0. The number of aromatic amines is 1. The molecular weight excluding hydrogens is 204 g/mol. The standard InChI is InChI=1S/C8H13ClN4O/c1-2-5(10)3-11-8-12-4-6(9)7(14)13-8/h4-5H,2-3,10H2,1H3,(H2,11,12,13,14). The highest BCUT2D eigenvalue weighted by Gasteiger charge is 2.01. The molecule has 0 fully saturated rings. The van der Waals surface area contributed by atoms with Crippen LogP contribution in [0.3, 0.4) is 0 Å². The van der Waals surface area contributed by atoms with Crippen LogP contribution in [0.4, 0.5) is 5.95 Å². The van der Waals surface area contributed by atoms with Gasteiger partial charge in [-0.3, -0.25) is 9.78 Å². The van der Waals surface area contributed by atoms with Gasteiger partial charge in [-0.05, 0) is 6.42 Å². The summed E-state index contributed by atoms with van der Waals surface area (Å²) in [5, 5.41) is 2.99. The van der Waals surface area contributed by atoms with Crippen LogP contribution in [0.15, 0.2) is 11.0 Å². The van der Waals surface area contributed by atoms with E-state index in [1.165, 1.54) is 6.20 Å². The number of H-pyrrole nitrogens is 1. The second-order valence-electron chi connectivity index (χ2n) is 2.96. The van der Waals surface area contributed by atoms with E-state index in [1.54, 1.807) is 0 Å². The number of anilines is 1. The highest BCUT2D eigenvalue weighted by molar-refractivity contribution is 6.30. The fourth-order valence-corrected chi connectivity index (χ4v) is 0.937. The molecule has 0 saturated heterocycles. The van der Waals surface area contributed by atoms with Gasteiger partial charge < -0.3 is 11.1 Å². The van der Waals surface area contributed by atoms with Gasteiger partial charge in [0.1, 0.15) is 5.02 Å². The van der Waals surface area contributed by atoms with Gasteiger partial charge in [0.15, 0.2) is 0 Å². The van der Waals surface area contributed by atoms with E-state index in [0.29, 0.717) is 12.5 Å². The molecule has 1 aromatic rings. The number of nitrogens with zero attached hydrogens (tertiary/aromatic N) is 1. The number of nitrogens with two attached hydrogens (primary N) is 1. The van der Waals surface area contributed by atoms with E-state index in [0.717, 1.165) is 6.42 Å². The maximum Gasteiger partial charge on any atom is 0.271 e. The molecule has 14 heavy (non-hydrogen) atoms. The Labute approximate surface area is 86.7 Å². The molecule has 0 radical (unpaired) electrons. The first-order valence-corrected chi connectivity index (χ1v) is 4.75. The molecule has 0 aliphatic carbocycles. The molecule has 0 aliphatic rings. The number of hydrogen-bond donors (Lipinski definition) is 3. The van der Waals surface area contributed by atoms with Gasteiger partial charge in [-0.2, -0.15) is 0 Å². The van der Waals surface area contributed by atoms with Crippen LogP contribution in [0.1, 0.15) is 13.3 Å². The molecule has 78 valence electrons. The van der Waals surface area contributed by atoms with Crippen LogP contribution in [0.2, 0.25) is 5.02 Å². The van der Waals surface area contributed by atoms with Crippen molar-refractivity contribution in [3.8, 4) is 0 Å². The number of aromatic nitrogens is 2. The molecule has 1 aromatic heterocycles. The quantitative estimate of drug-likeness (QED) is 0.687. The zero-order valence-corrected chi connectivity index (χ0v) is 8.64. The van der Waals surface area contributed by atoms with Crippen molar-refractivity contribution in [1.82, 2.24) is 9.97 Å². The lowest BCUT2D eigenvalue weighted by molar-refractivity contribution is 0.676. The summed E-state index contributed by atoms with van der Waals surface area (Å²) in [6.07, 6.45) is 2.17. The van der Waals surface area contributed by atoms with Crippen molar-refractivity contribution in [3.63, 3.8) is 0 Å². The van der Waals surface area contributed by atoms with Crippen LogP contribution in [-0.4, -0.2) is 22.6 Å². The molecular formula is C8H13ClN4O. The Bertz CT molecular complexity index is 351. The second-order valence-corrected chi connectivity index (χ2v) is 3.37. The van der Waals surface area contributed by atoms with Crippen molar-refractivity contribution in [2.75, 3.05) is 11.9 Å². The van der Waals surface area contributed by atoms with E-state index < -0.39 is 0 Å². The third kappa shape index (κ3) is 3.01. The van der Waals surface area contributed by atoms with Crippen molar-refractivity contribution in [3.05, 3.63) is 21.6 Å². The summed E-state index contributed by atoms with van der Waals surface area (Å²) in [5.41, 5.74) is 5.33. The molecule has 6 heteroatoms. The fourth-order valence-electron chi connectivity index (χ4n) is 0.841. The molecule has 1 atom stereocenters. The van der Waals surface area contributed by atoms with Gasteiger partial charge in [0.25, 0.3) is 5.56 Å². The fraction of sp³-hybridized carbons (Fsp3) is 0.500. The zero-order valence-electron chi connectivity index (χ0n) is 7.88. The highest BCUT2D eigenvalue weighted by Crippen LogP contribution is 2.00. The SMILES string of the molecule is CCC(N)CNc1ncc(Cl)c(=O)[nH]1. The molecule has 0 bridgehead atoms. The summed E-state index contributed by atoms with van der Waals surface area (Å²) in [6, 6.07) is 0.0518. The summed E-state index contributed by atoms with van der Waals surface area (Å²) >= 11 is 5.51. The average molecular weight is 217 g/mol. The van der Waals surface area contributed by atoms with E-state index in [4.69, 9.17) is 17.3 Å². The largest absolute Gasteiger partial charge is 0.354 e. The molecule has 0 amide bonds. The van der Waals surface area contributed by atoms with Crippen molar-refractivity contribution < 1.29 is 0 Å². The lowest BCUT2D eigenvalue weighted by Crippen LogP contribution is -2.29. The molecule has 4 N–H and O–H groups in total. The average Bonchev–Trinajstić information content (AvgIpc) is 2.19. The molecule has 1 heterocycles. The predicted octanol–water partition coefficient (Wildman–Crippen LogP) is 0.572. The number of rotatable bonds is 4. The van der Waals surface area contributed by atoms with E-state index in [2.05, 4.69) is 15.3 Å². The Hall–Kier alpha value is -1.07. The summed E-state index contributed by atoms with van der Waals surface area (Å²) in [5.74, 6) is 0.392. The lowest BCUT2D eigenvalue weighted by Gasteiger charge is -2.09. The van der Waals surface area contributed by atoms with Crippen molar-refractivity contribution in [1.29, 1.82) is 0 Å². The lowest BCUT2D eigenvalue weighted by atomic mass is 10.2. The van der Waals surface area contributed by atoms with Crippen LogP contribution < -0.4 is 16.6 Å². The summed E-state index contributed by atoms with van der Waals surface area (Å²) in [4.78, 5) is 17.4. The van der Waals surface area contributed by atoms with Gasteiger partial charge in [0.2, 0.25) is 5.95 Å². The van der Waals surface area contributed by atoms with E-state index in [9.17, 15) is 4.79 Å². The number of hydrogen-bond acceptors (Lipinski definition) is 4. The summed E-state index contributed by atoms with van der Waals surface area (Å²) < 4.78 is 0. The normalized spacial score (nSPS) is 12.5. The first-order chi connectivity index (χ1) is 6.63. The number of nitrogens with one attached hydrogen (secondary N) is 2. The van der Waals surface area contributed by atoms with E-state index >= 15 is 0 Å². The Balaban J connectivity index is 2.60. The second kappa shape index (κ2) is 4.97. The Morgan fingerprint density at radius 2 is 2.50 bits per heavy atom. The third-order valence-corrected chi connectivity index (χ3v) is 2.08. The minimum absolute atomic E-state index is 0.0518. The Morgan fingerprint density at radius 1 is 1.79 bits per heavy atom. The van der Waals surface area contributed by atoms with Crippen LogP contribution in [-0.2, 0) is 0 Å². The monoisotopic (exact) mass is 216 g/mol. The van der Waals surface area contributed by atoms with Crippen molar-refractivity contribution in [2.24, 2.45) is 5.73 Å². The maximum absolute atomic E-state index is 11.1. The topological polar surface area (TPSA) is 83.8 Å². The molecule has 5 nitrogen and oxygen atoms in total. The highest BCUT2D eigenvalue weighted by atomic mass is 35.5. The minimum Gasteiger partial charge on any atom is -0.354 e. The van der Waals surface area contributed by atoms with Gasteiger partial charge in [-0.1, -0.05) is 18.5 Å². The molecule has 1 rings (SSSR count). The Morgan fingerprint density at radius 3 is 3.07 bits per heavy atom. The van der Waals surface area contributed by atoms with Gasteiger partial charge in [-0.25, -0.2) is 4.98 Å². The molecule has 0 aromatic carbocycles. The zero-order chi connectivity index (χ0) is 10.6. The molecule has 0 aliphatic heterocycles. The van der Waals surface area contributed by atoms with Crippen LogP contribution >= 0.6 is 11.6 Å². The van der Waals surface area contributed by atoms with Gasteiger partial charge in [0.05, 0.1) is 6.20 Å². The predicted molar refractivity (Wildman–Crippen MR) is 56.6 cm³/mol. The van der Waals surface area contributed by atoms with Gasteiger partial charge in [0, 0.05) is 12.6 Å². The van der Waals surface area contributed by atoms with E-state index in [1.807, 2.05) is 6.92 Å². The van der Waals surface area contributed by atoms with Crippen LogP contribution in [0, 0.1) is 0 Å². The van der Waals surface area contributed by atoms with Crippen molar-refractivity contribution in [2.45, 2.75) is 19.4 Å². The van der Waals surface area contributed by atoms with Gasteiger partial charge in [-0.15, -0.1) is 0 Å². The van der Waals surface area contributed by atoms with Crippen LogP contribution in [0.25, 0.3) is 0 Å². The molecule has 1 unspecified atom stereocenters. The smallest absolute Gasteiger partial charge is 0.271 e. The minimum atomic E-state index is -0.353.